The van der Waals surface area contributed by atoms with Crippen LogP contribution in [0.2, 0.25) is 0 Å². The van der Waals surface area contributed by atoms with Crippen molar-refractivity contribution in [1.82, 2.24) is 0 Å². The lowest BCUT2D eigenvalue weighted by Crippen LogP contribution is -2.31. The van der Waals surface area contributed by atoms with Gasteiger partial charge in [-0.05, 0) is 11.6 Å². The highest BCUT2D eigenvalue weighted by atomic mass is 35.5. The lowest BCUT2D eigenvalue weighted by Gasteiger charge is -2.22. The Labute approximate surface area is 83.3 Å². The molecule has 5 heteroatoms. The summed E-state index contributed by atoms with van der Waals surface area (Å²) in [4.78, 5) is 0. The minimum absolute atomic E-state index is 0.364. The Kier molecular flexibility index (Phi) is 2.78. The van der Waals surface area contributed by atoms with Crippen LogP contribution in [-0.2, 0) is 5.13 Å². The molecule has 0 saturated carbocycles. The van der Waals surface area contributed by atoms with Gasteiger partial charge in [0, 0.05) is 5.56 Å². The fraction of sp³-hybridized carbons (Fsp3) is 0.250. The molecule has 0 amide bonds. The third kappa shape index (κ3) is 2.09. The summed E-state index contributed by atoms with van der Waals surface area (Å²) < 4.78 is 38.1. The number of benzene rings is 1. The molecule has 1 atom stereocenters. The summed E-state index contributed by atoms with van der Waals surface area (Å²) >= 11 is 9.51. The van der Waals surface area contributed by atoms with Gasteiger partial charge in [0.05, 0.1) is 0 Å². The fourth-order valence-electron chi connectivity index (χ4n) is 0.811. The molecule has 13 heavy (non-hydrogen) atoms. The van der Waals surface area contributed by atoms with Gasteiger partial charge >= 0.3 is 5.38 Å². The van der Waals surface area contributed by atoms with Crippen LogP contribution in [-0.4, -0.2) is 5.38 Å². The molecule has 0 saturated heterocycles. The molecule has 1 aromatic carbocycles. The summed E-state index contributed by atoms with van der Waals surface area (Å²) in [6.07, 6.45) is 0. The van der Waals surface area contributed by atoms with Gasteiger partial charge in [0.15, 0.2) is 0 Å². The number of halogens is 5. The van der Waals surface area contributed by atoms with Gasteiger partial charge in [0.2, 0.25) is 0 Å². The van der Waals surface area contributed by atoms with Crippen LogP contribution in [0.15, 0.2) is 30.3 Å². The number of hydrogen-bond acceptors (Lipinski definition) is 0. The van der Waals surface area contributed by atoms with Crippen molar-refractivity contribution < 1.29 is 13.2 Å². The van der Waals surface area contributed by atoms with Crippen LogP contribution in [0, 0.1) is 0 Å². The second kappa shape index (κ2) is 3.39. The van der Waals surface area contributed by atoms with Crippen molar-refractivity contribution in [3.8, 4) is 0 Å². The quantitative estimate of drug-likeness (QED) is 0.675. The van der Waals surface area contributed by atoms with E-state index in [1.807, 2.05) is 0 Å². The highest BCUT2D eigenvalue weighted by Crippen LogP contribution is 2.47. The Bertz CT molecular complexity index is 279. The van der Waals surface area contributed by atoms with E-state index in [-0.39, 0.29) is 5.56 Å². The molecule has 1 rings (SSSR count). The Morgan fingerprint density at radius 1 is 0.923 bits per heavy atom. The van der Waals surface area contributed by atoms with Crippen molar-refractivity contribution >= 4 is 23.2 Å². The molecule has 0 aliphatic carbocycles. The summed E-state index contributed by atoms with van der Waals surface area (Å²) in [5.74, 6) is 0. The topological polar surface area (TPSA) is 0 Å². The molecule has 0 radical (unpaired) electrons. The van der Waals surface area contributed by atoms with Gasteiger partial charge in [0.1, 0.15) is 0 Å². The van der Waals surface area contributed by atoms with Crippen LogP contribution < -0.4 is 0 Å². The Morgan fingerprint density at radius 3 is 1.77 bits per heavy atom. The van der Waals surface area contributed by atoms with Crippen molar-refractivity contribution in [3.63, 3.8) is 0 Å². The molecular formula is C8H5Cl2F3. The third-order valence-electron chi connectivity index (χ3n) is 1.49. The van der Waals surface area contributed by atoms with E-state index in [1.165, 1.54) is 12.1 Å². The van der Waals surface area contributed by atoms with Crippen LogP contribution in [0.1, 0.15) is 5.56 Å². The predicted molar refractivity (Wildman–Crippen MR) is 45.9 cm³/mol. The number of alkyl halides is 5. The van der Waals surface area contributed by atoms with Crippen LogP contribution in [0.25, 0.3) is 0 Å². The summed E-state index contributed by atoms with van der Waals surface area (Å²) in [6.45, 7) is 0. The zero-order valence-corrected chi connectivity index (χ0v) is 7.79. The first-order valence-electron chi connectivity index (χ1n) is 3.36. The van der Waals surface area contributed by atoms with Crippen molar-refractivity contribution in [3.05, 3.63) is 35.9 Å². The maximum atomic E-state index is 13.2. The van der Waals surface area contributed by atoms with E-state index in [1.54, 1.807) is 6.07 Å². The highest BCUT2D eigenvalue weighted by molar-refractivity contribution is 6.32. The normalized spacial score (nSPS) is 16.7. The van der Waals surface area contributed by atoms with Gasteiger partial charge in [0.25, 0.3) is 5.13 Å². The van der Waals surface area contributed by atoms with Crippen molar-refractivity contribution in [1.29, 1.82) is 0 Å². The van der Waals surface area contributed by atoms with E-state index in [0.29, 0.717) is 0 Å². The van der Waals surface area contributed by atoms with Gasteiger partial charge in [-0.1, -0.05) is 41.9 Å². The van der Waals surface area contributed by atoms with Gasteiger partial charge in [-0.25, -0.2) is 4.39 Å². The molecule has 0 aliphatic rings. The van der Waals surface area contributed by atoms with E-state index in [9.17, 15) is 13.2 Å². The molecule has 0 spiro atoms. The van der Waals surface area contributed by atoms with Gasteiger partial charge in [-0.3, -0.25) is 0 Å². The standard InChI is InChI=1S/C8H5Cl2F3/c9-7(11,8(10,12)13)6-4-2-1-3-5-6/h1-5H. The molecule has 1 aromatic rings. The van der Waals surface area contributed by atoms with E-state index in [4.69, 9.17) is 11.6 Å². The Morgan fingerprint density at radius 2 is 1.38 bits per heavy atom. The highest BCUT2D eigenvalue weighted by Gasteiger charge is 2.53. The summed E-state index contributed by atoms with van der Waals surface area (Å²) in [5.41, 5.74) is -0.364. The van der Waals surface area contributed by atoms with Crippen LogP contribution in [0.3, 0.4) is 0 Å². The lowest BCUT2D eigenvalue weighted by atomic mass is 10.1. The summed E-state index contributed by atoms with van der Waals surface area (Å²) in [6, 6.07) is 6.64. The average Bonchev–Trinajstić information content (AvgIpc) is 2.04. The van der Waals surface area contributed by atoms with Crippen molar-refractivity contribution in [2.45, 2.75) is 10.5 Å². The molecule has 0 aromatic heterocycles. The molecule has 0 N–H and O–H groups in total. The molecular weight excluding hydrogens is 224 g/mol. The van der Waals surface area contributed by atoms with Crippen molar-refractivity contribution in [2.75, 3.05) is 0 Å². The molecule has 1 unspecified atom stereocenters. The second-order valence-corrected chi connectivity index (χ2v) is 3.43. The van der Waals surface area contributed by atoms with E-state index < -0.39 is 10.5 Å². The minimum Gasteiger partial charge on any atom is -0.212 e. The first-order chi connectivity index (χ1) is 5.86. The van der Waals surface area contributed by atoms with Gasteiger partial charge in [-0.2, -0.15) is 8.78 Å². The van der Waals surface area contributed by atoms with Crippen LogP contribution in [0.4, 0.5) is 13.2 Å². The minimum atomic E-state index is -4.13. The molecule has 0 aliphatic heterocycles. The zero-order valence-electron chi connectivity index (χ0n) is 6.28. The second-order valence-electron chi connectivity index (χ2n) is 2.44. The van der Waals surface area contributed by atoms with Gasteiger partial charge < -0.3 is 0 Å². The fourth-order valence-corrected chi connectivity index (χ4v) is 1.05. The lowest BCUT2D eigenvalue weighted by molar-refractivity contribution is -0.0225. The van der Waals surface area contributed by atoms with E-state index in [0.717, 1.165) is 12.1 Å². The summed E-state index contributed by atoms with van der Waals surface area (Å²) in [5, 5.41) is -7.49. The SMILES string of the molecule is FC(F)(Cl)C(F)(Cl)c1ccccc1. The Hall–Kier alpha value is -0.410. The molecule has 0 bridgehead atoms. The average molecular weight is 229 g/mol. The first kappa shape index (κ1) is 10.7. The molecule has 0 nitrogen and oxygen atoms in total. The largest absolute Gasteiger partial charge is 0.373 e. The van der Waals surface area contributed by atoms with Crippen LogP contribution >= 0.6 is 23.2 Å². The van der Waals surface area contributed by atoms with Crippen molar-refractivity contribution in [2.24, 2.45) is 0 Å². The maximum Gasteiger partial charge on any atom is 0.373 e. The smallest absolute Gasteiger partial charge is 0.212 e. The van der Waals surface area contributed by atoms with E-state index in [2.05, 4.69) is 11.6 Å². The summed E-state index contributed by atoms with van der Waals surface area (Å²) in [7, 11) is 0. The van der Waals surface area contributed by atoms with E-state index >= 15 is 0 Å². The zero-order chi connectivity index (χ0) is 10.1. The monoisotopic (exact) mass is 228 g/mol. The third-order valence-corrected chi connectivity index (χ3v) is 2.31. The molecule has 0 fully saturated rings. The molecule has 0 heterocycles. The predicted octanol–water partition coefficient (Wildman–Crippen LogP) is 3.88. The number of rotatable bonds is 2. The first-order valence-corrected chi connectivity index (χ1v) is 4.11. The molecule has 72 valence electrons. The Balaban J connectivity index is 3.08. The maximum absolute atomic E-state index is 13.2. The van der Waals surface area contributed by atoms with Gasteiger partial charge in [-0.15, -0.1) is 0 Å². The number of hydrogen-bond donors (Lipinski definition) is 0. The van der Waals surface area contributed by atoms with Crippen LogP contribution in [0.5, 0.6) is 0 Å².